The van der Waals surface area contributed by atoms with E-state index in [1.54, 1.807) is 18.2 Å². The van der Waals surface area contributed by atoms with E-state index in [0.717, 1.165) is 4.68 Å². The number of nitrogens with zero attached hydrogens (tertiary/aromatic N) is 2. The molecule has 0 saturated carbocycles. The highest BCUT2D eigenvalue weighted by molar-refractivity contribution is 5.71. The molecule has 0 radical (unpaired) electrons. The summed E-state index contributed by atoms with van der Waals surface area (Å²) in [6.07, 6.45) is 0. The van der Waals surface area contributed by atoms with Gasteiger partial charge in [0.15, 0.2) is 6.04 Å². The molecule has 7 nitrogen and oxygen atoms in total. The predicted octanol–water partition coefficient (Wildman–Crippen LogP) is 1.57. The monoisotopic (exact) mass is 304 g/mol. The van der Waals surface area contributed by atoms with Gasteiger partial charge in [0.05, 0.1) is 19.9 Å². The zero-order valence-electron chi connectivity index (χ0n) is 12.4. The van der Waals surface area contributed by atoms with Gasteiger partial charge >= 0.3 is 5.97 Å². The molecule has 1 aromatic heterocycles. The van der Waals surface area contributed by atoms with Crippen molar-refractivity contribution in [2.45, 2.75) is 13.0 Å². The number of hydrogen-bond donors (Lipinski definition) is 1. The van der Waals surface area contributed by atoms with Gasteiger partial charge in [0.2, 0.25) is 0 Å². The average Bonchev–Trinajstić information content (AvgIpc) is 2.53. The summed E-state index contributed by atoms with van der Waals surface area (Å²) in [6.45, 7) is 1.40. The van der Waals surface area contributed by atoms with E-state index in [1.165, 1.54) is 33.3 Å². The molecule has 0 aliphatic heterocycles. The Balaban J connectivity index is 2.56. The molecule has 0 fully saturated rings. The molecule has 7 heteroatoms. The first kappa shape index (κ1) is 15.6. The van der Waals surface area contributed by atoms with Gasteiger partial charge in [-0.1, -0.05) is 0 Å². The summed E-state index contributed by atoms with van der Waals surface area (Å²) in [5.41, 5.74) is 0.626. The fraction of sp³-hybridized carbons (Fsp3) is 0.267. The normalized spacial score (nSPS) is 11.8. The molecule has 1 unspecified atom stereocenters. The summed E-state index contributed by atoms with van der Waals surface area (Å²) >= 11 is 0. The summed E-state index contributed by atoms with van der Waals surface area (Å²) < 4.78 is 11.3. The molecule has 22 heavy (non-hydrogen) atoms. The van der Waals surface area contributed by atoms with E-state index in [-0.39, 0.29) is 0 Å². The van der Waals surface area contributed by atoms with Gasteiger partial charge in [0.1, 0.15) is 11.5 Å². The van der Waals surface area contributed by atoms with Crippen LogP contribution in [0.4, 0.5) is 0 Å². The lowest BCUT2D eigenvalue weighted by atomic mass is 10.1. The molecular formula is C15H16N2O5. The Bertz CT molecular complexity index is 732. The molecule has 0 spiro atoms. The van der Waals surface area contributed by atoms with Crippen molar-refractivity contribution < 1.29 is 19.4 Å². The molecule has 2 rings (SSSR count). The van der Waals surface area contributed by atoms with Crippen molar-refractivity contribution in [1.82, 2.24) is 9.78 Å². The van der Waals surface area contributed by atoms with Crippen LogP contribution in [0.3, 0.4) is 0 Å². The van der Waals surface area contributed by atoms with Crippen LogP contribution in [0.25, 0.3) is 11.3 Å². The quantitative estimate of drug-likeness (QED) is 0.901. The number of hydrogen-bond acceptors (Lipinski definition) is 5. The van der Waals surface area contributed by atoms with Gasteiger partial charge in [-0.05, 0) is 25.1 Å². The molecule has 1 aromatic carbocycles. The third-order valence-corrected chi connectivity index (χ3v) is 3.20. The molecule has 1 atom stereocenters. The average molecular weight is 304 g/mol. The number of benzene rings is 1. The lowest BCUT2D eigenvalue weighted by Gasteiger charge is -2.12. The molecule has 0 amide bonds. The van der Waals surface area contributed by atoms with E-state index in [4.69, 9.17) is 14.6 Å². The van der Waals surface area contributed by atoms with Crippen LogP contribution in [-0.2, 0) is 4.79 Å². The van der Waals surface area contributed by atoms with Crippen LogP contribution in [0, 0.1) is 0 Å². The summed E-state index contributed by atoms with van der Waals surface area (Å²) in [4.78, 5) is 22.8. The third-order valence-electron chi connectivity index (χ3n) is 3.20. The van der Waals surface area contributed by atoms with Crippen LogP contribution in [0.5, 0.6) is 11.5 Å². The number of carboxylic acid groups (broad SMARTS) is 1. The summed E-state index contributed by atoms with van der Waals surface area (Å²) in [6, 6.07) is 6.92. The van der Waals surface area contributed by atoms with Gasteiger partial charge in [-0.3, -0.25) is 4.79 Å². The topological polar surface area (TPSA) is 90.7 Å². The standard InChI is InChI=1S/C15H16N2O5/c1-9(15(19)20)17-14(18)5-4-13(16-17)10-6-11(21-2)8-12(7-10)22-3/h4-9H,1-3H3,(H,19,20). The van der Waals surface area contributed by atoms with Crippen molar-refractivity contribution in [2.75, 3.05) is 14.2 Å². The summed E-state index contributed by atoms with van der Waals surface area (Å²) in [7, 11) is 3.05. The maximum atomic E-state index is 11.8. The lowest BCUT2D eigenvalue weighted by Crippen LogP contribution is -2.29. The molecule has 0 bridgehead atoms. The number of methoxy groups -OCH3 is 2. The van der Waals surface area contributed by atoms with Crippen molar-refractivity contribution in [2.24, 2.45) is 0 Å². The molecule has 2 aromatic rings. The van der Waals surface area contributed by atoms with Gasteiger partial charge < -0.3 is 14.6 Å². The van der Waals surface area contributed by atoms with Crippen LogP contribution in [0.2, 0.25) is 0 Å². The minimum atomic E-state index is -1.13. The first-order valence-electron chi connectivity index (χ1n) is 6.52. The Labute approximate surface area is 126 Å². The van der Waals surface area contributed by atoms with E-state index >= 15 is 0 Å². The van der Waals surface area contributed by atoms with Gasteiger partial charge in [-0.15, -0.1) is 0 Å². The first-order valence-corrected chi connectivity index (χ1v) is 6.52. The van der Waals surface area contributed by atoms with Crippen molar-refractivity contribution in [3.05, 3.63) is 40.7 Å². The van der Waals surface area contributed by atoms with E-state index < -0.39 is 17.6 Å². The highest BCUT2D eigenvalue weighted by atomic mass is 16.5. The number of aromatic nitrogens is 2. The summed E-state index contributed by atoms with van der Waals surface area (Å²) in [5, 5.41) is 13.2. The third kappa shape index (κ3) is 3.08. The second-order valence-electron chi connectivity index (χ2n) is 4.62. The molecular weight excluding hydrogens is 288 g/mol. The predicted molar refractivity (Wildman–Crippen MR) is 79.4 cm³/mol. The fourth-order valence-electron chi connectivity index (χ4n) is 1.92. The van der Waals surface area contributed by atoms with E-state index in [0.29, 0.717) is 22.8 Å². The van der Waals surface area contributed by atoms with Crippen molar-refractivity contribution in [3.63, 3.8) is 0 Å². The SMILES string of the molecule is COc1cc(OC)cc(-c2ccc(=O)n(C(C)C(=O)O)n2)c1. The largest absolute Gasteiger partial charge is 0.497 e. The van der Waals surface area contributed by atoms with Crippen LogP contribution < -0.4 is 15.0 Å². The zero-order chi connectivity index (χ0) is 16.3. The molecule has 0 aliphatic carbocycles. The maximum absolute atomic E-state index is 11.8. The van der Waals surface area contributed by atoms with Gasteiger partial charge in [0.25, 0.3) is 5.56 Å². The Morgan fingerprint density at radius 2 is 1.77 bits per heavy atom. The van der Waals surface area contributed by atoms with Crippen LogP contribution in [0.15, 0.2) is 35.1 Å². The van der Waals surface area contributed by atoms with E-state index in [9.17, 15) is 9.59 Å². The Kier molecular flexibility index (Phi) is 4.45. The van der Waals surface area contributed by atoms with Crippen LogP contribution in [0.1, 0.15) is 13.0 Å². The first-order chi connectivity index (χ1) is 10.5. The van der Waals surface area contributed by atoms with E-state index in [2.05, 4.69) is 5.10 Å². The van der Waals surface area contributed by atoms with E-state index in [1.807, 2.05) is 0 Å². The maximum Gasteiger partial charge on any atom is 0.328 e. The molecule has 1 N–H and O–H groups in total. The highest BCUT2D eigenvalue weighted by Gasteiger charge is 2.17. The Morgan fingerprint density at radius 1 is 1.18 bits per heavy atom. The minimum absolute atomic E-state index is 0.449. The minimum Gasteiger partial charge on any atom is -0.497 e. The molecule has 116 valence electrons. The fourth-order valence-corrected chi connectivity index (χ4v) is 1.92. The number of carbonyl (C=O) groups is 1. The van der Waals surface area contributed by atoms with Crippen LogP contribution in [-0.4, -0.2) is 35.1 Å². The Morgan fingerprint density at radius 3 is 2.27 bits per heavy atom. The van der Waals surface area contributed by atoms with Crippen molar-refractivity contribution in [3.8, 4) is 22.8 Å². The second kappa shape index (κ2) is 6.30. The number of rotatable bonds is 5. The summed E-state index contributed by atoms with van der Waals surface area (Å²) in [5.74, 6) is 0.00957. The van der Waals surface area contributed by atoms with Gasteiger partial charge in [-0.2, -0.15) is 5.10 Å². The molecule has 0 aliphatic rings. The van der Waals surface area contributed by atoms with Gasteiger partial charge in [0, 0.05) is 17.7 Å². The lowest BCUT2D eigenvalue weighted by molar-refractivity contribution is -0.140. The number of carboxylic acids is 1. The van der Waals surface area contributed by atoms with Crippen LogP contribution >= 0.6 is 0 Å². The van der Waals surface area contributed by atoms with Crippen molar-refractivity contribution in [1.29, 1.82) is 0 Å². The highest BCUT2D eigenvalue weighted by Crippen LogP contribution is 2.28. The van der Waals surface area contributed by atoms with Gasteiger partial charge in [-0.25, -0.2) is 9.48 Å². The molecule has 0 saturated heterocycles. The molecule has 1 heterocycles. The smallest absolute Gasteiger partial charge is 0.328 e. The number of aliphatic carboxylic acids is 1. The second-order valence-corrected chi connectivity index (χ2v) is 4.62. The van der Waals surface area contributed by atoms with Crippen molar-refractivity contribution >= 4 is 5.97 Å². The Hall–Kier alpha value is -2.83. The number of ether oxygens (including phenoxy) is 2. The zero-order valence-corrected chi connectivity index (χ0v) is 12.4.